The highest BCUT2D eigenvalue weighted by Gasteiger charge is 2.37. The number of anilines is 1. The molecule has 4 rings (SSSR count). The highest BCUT2D eigenvalue weighted by atomic mass is 35.5. The molecule has 1 aromatic heterocycles. The van der Waals surface area contributed by atoms with Gasteiger partial charge in [-0.1, -0.05) is 38.8 Å². The molecule has 1 aliphatic carbocycles. The zero-order valence-corrected chi connectivity index (χ0v) is 19.5. The van der Waals surface area contributed by atoms with Crippen molar-refractivity contribution in [1.29, 1.82) is 0 Å². The van der Waals surface area contributed by atoms with Gasteiger partial charge in [0, 0.05) is 4.88 Å². The molecule has 0 bridgehead atoms. The Balaban J connectivity index is 1.64. The van der Waals surface area contributed by atoms with Crippen molar-refractivity contribution < 1.29 is 14.6 Å². The maximum absolute atomic E-state index is 13.0. The molecule has 1 aromatic carbocycles. The van der Waals surface area contributed by atoms with Gasteiger partial charge >= 0.3 is 0 Å². The van der Waals surface area contributed by atoms with E-state index in [1.165, 1.54) is 10.4 Å². The second-order valence-electron chi connectivity index (χ2n) is 8.82. The number of fused-ring (bicyclic) bond motifs is 3. The van der Waals surface area contributed by atoms with Crippen molar-refractivity contribution in [3.05, 3.63) is 38.7 Å². The Hall–Kier alpha value is -1.92. The summed E-state index contributed by atoms with van der Waals surface area (Å²) in [5.41, 5.74) is 3.06. The topological polar surface area (TPSA) is 70.6 Å². The van der Waals surface area contributed by atoms with Gasteiger partial charge in [0.2, 0.25) is 0 Å². The molecule has 0 spiro atoms. The second kappa shape index (κ2) is 7.97. The number of nitrogens with one attached hydrogen (secondary N) is 2. The highest BCUT2D eigenvalue weighted by Crippen LogP contribution is 2.47. The Kier molecular flexibility index (Phi) is 5.66. The van der Waals surface area contributed by atoms with Crippen LogP contribution in [0.5, 0.6) is 11.5 Å². The molecule has 3 N–H and O–H groups in total. The molecule has 2 aromatic rings. The molecular formula is C23H29ClN2O3S. The Morgan fingerprint density at radius 1 is 1.30 bits per heavy atom. The van der Waals surface area contributed by atoms with Gasteiger partial charge in [0.1, 0.15) is 11.2 Å². The summed E-state index contributed by atoms with van der Waals surface area (Å²) >= 11 is 7.90. The molecule has 5 nitrogen and oxygen atoms in total. The van der Waals surface area contributed by atoms with Crippen LogP contribution >= 0.6 is 22.9 Å². The Labute approximate surface area is 186 Å². The van der Waals surface area contributed by atoms with Gasteiger partial charge in [0.15, 0.2) is 11.5 Å². The summed E-state index contributed by atoms with van der Waals surface area (Å²) in [7, 11) is 0. The van der Waals surface area contributed by atoms with E-state index in [0.717, 1.165) is 41.8 Å². The average molecular weight is 449 g/mol. The maximum Gasteiger partial charge on any atom is 0.256 e. The Morgan fingerprint density at radius 2 is 2.07 bits per heavy atom. The molecular weight excluding hydrogens is 420 g/mol. The number of benzene rings is 1. The smallest absolute Gasteiger partial charge is 0.256 e. The minimum absolute atomic E-state index is 0.0541. The van der Waals surface area contributed by atoms with E-state index >= 15 is 0 Å². The van der Waals surface area contributed by atoms with Gasteiger partial charge in [0.25, 0.3) is 5.91 Å². The van der Waals surface area contributed by atoms with E-state index in [0.29, 0.717) is 23.7 Å². The molecule has 2 atom stereocenters. The van der Waals surface area contributed by atoms with Crippen LogP contribution in [0.4, 0.5) is 5.00 Å². The van der Waals surface area contributed by atoms with E-state index < -0.39 is 6.17 Å². The van der Waals surface area contributed by atoms with Gasteiger partial charge in [0.05, 0.1) is 17.2 Å². The van der Waals surface area contributed by atoms with Crippen molar-refractivity contribution in [3.63, 3.8) is 0 Å². The van der Waals surface area contributed by atoms with E-state index in [4.69, 9.17) is 16.3 Å². The second-order valence-corrected chi connectivity index (χ2v) is 10.3. The van der Waals surface area contributed by atoms with Crippen LogP contribution in [0.2, 0.25) is 5.02 Å². The highest BCUT2D eigenvalue weighted by molar-refractivity contribution is 7.16. The molecule has 0 unspecified atom stereocenters. The van der Waals surface area contributed by atoms with Crippen LogP contribution < -0.4 is 15.4 Å². The van der Waals surface area contributed by atoms with Gasteiger partial charge in [-0.2, -0.15) is 0 Å². The lowest BCUT2D eigenvalue weighted by Crippen LogP contribution is -2.38. The van der Waals surface area contributed by atoms with Gasteiger partial charge in [-0.05, 0) is 60.8 Å². The lowest BCUT2D eigenvalue weighted by Gasteiger charge is -2.36. The molecule has 30 heavy (non-hydrogen) atoms. The molecule has 0 fully saturated rings. The number of carbonyl (C=O) groups excluding carboxylic acids is 1. The first-order valence-corrected chi connectivity index (χ1v) is 11.8. The number of carbonyl (C=O) groups is 1. The standard InChI is InChI=1S/C23H29ClN2O3S/c1-5-23(3,4)13-7-8-14-17(11-13)30-22-18(14)21(28)25-20(26-22)12-9-15(24)19(27)16(10-12)29-6-2/h9-10,13,20,26-27H,5-8,11H2,1-4H3,(H,25,28)/t13-,20-/m0/s1. The normalized spacial score (nSPS) is 20.8. The van der Waals surface area contributed by atoms with Gasteiger partial charge in [-0.3, -0.25) is 4.79 Å². The van der Waals surface area contributed by atoms with Gasteiger partial charge in [-0.25, -0.2) is 0 Å². The molecule has 1 amide bonds. The first kappa shape index (κ1) is 21.3. The van der Waals surface area contributed by atoms with Crippen molar-refractivity contribution in [2.75, 3.05) is 11.9 Å². The number of halogens is 1. The lowest BCUT2D eigenvalue weighted by molar-refractivity contribution is 0.0934. The molecule has 2 heterocycles. The number of phenolic OH excluding ortho intramolecular Hbond substituents is 1. The molecule has 0 saturated carbocycles. The summed E-state index contributed by atoms with van der Waals surface area (Å²) in [5, 5.41) is 17.8. The molecule has 1 aliphatic heterocycles. The van der Waals surface area contributed by atoms with Crippen LogP contribution in [-0.2, 0) is 12.8 Å². The number of amides is 1. The number of thiophene rings is 1. The third-order valence-electron chi connectivity index (χ3n) is 6.74. The minimum Gasteiger partial charge on any atom is -0.503 e. The summed E-state index contributed by atoms with van der Waals surface area (Å²) in [6, 6.07) is 3.39. The van der Waals surface area contributed by atoms with Crippen molar-refractivity contribution in [2.45, 2.75) is 59.5 Å². The summed E-state index contributed by atoms with van der Waals surface area (Å²) in [4.78, 5) is 14.4. The first-order chi connectivity index (χ1) is 14.2. The van der Waals surface area contributed by atoms with E-state index in [1.54, 1.807) is 23.5 Å². The Morgan fingerprint density at radius 3 is 2.77 bits per heavy atom. The van der Waals surface area contributed by atoms with E-state index in [9.17, 15) is 9.90 Å². The predicted molar refractivity (Wildman–Crippen MR) is 122 cm³/mol. The number of phenols is 1. The fourth-order valence-electron chi connectivity index (χ4n) is 4.45. The molecule has 0 radical (unpaired) electrons. The SMILES string of the molecule is CCOc1cc([C@H]2NC(=O)c3c(sc4c3CC[C@H](C(C)(C)CC)C4)N2)cc(Cl)c1O. The average Bonchev–Trinajstić information content (AvgIpc) is 3.09. The van der Waals surface area contributed by atoms with E-state index in [-0.39, 0.29) is 16.7 Å². The minimum atomic E-state index is -0.426. The first-order valence-electron chi connectivity index (χ1n) is 10.6. The Bertz CT molecular complexity index is 985. The molecule has 2 aliphatic rings. The number of hydrogen-bond acceptors (Lipinski definition) is 5. The molecule has 0 saturated heterocycles. The van der Waals surface area contributed by atoms with E-state index in [1.807, 2.05) is 6.92 Å². The number of rotatable bonds is 5. The van der Waals surface area contributed by atoms with Crippen LogP contribution in [-0.4, -0.2) is 17.6 Å². The summed E-state index contributed by atoms with van der Waals surface area (Å²) in [6.07, 6.45) is 3.84. The van der Waals surface area contributed by atoms with Crippen molar-refractivity contribution in [2.24, 2.45) is 11.3 Å². The van der Waals surface area contributed by atoms with Crippen molar-refractivity contribution in [1.82, 2.24) is 5.32 Å². The number of hydrogen-bond donors (Lipinski definition) is 3. The van der Waals surface area contributed by atoms with Crippen LogP contribution in [0.3, 0.4) is 0 Å². The fourth-order valence-corrected chi connectivity index (χ4v) is 6.02. The van der Waals surface area contributed by atoms with Gasteiger partial charge in [-0.15, -0.1) is 11.3 Å². The fraction of sp³-hybridized carbons (Fsp3) is 0.522. The number of ether oxygens (including phenoxy) is 1. The number of aromatic hydroxyl groups is 1. The van der Waals surface area contributed by atoms with Crippen LogP contribution in [0.25, 0.3) is 0 Å². The van der Waals surface area contributed by atoms with E-state index in [2.05, 4.69) is 31.4 Å². The van der Waals surface area contributed by atoms with Crippen molar-refractivity contribution >= 4 is 33.8 Å². The summed E-state index contributed by atoms with van der Waals surface area (Å²) in [6.45, 7) is 9.21. The lowest BCUT2D eigenvalue weighted by atomic mass is 9.69. The van der Waals surface area contributed by atoms with Crippen LogP contribution in [0, 0.1) is 11.3 Å². The van der Waals surface area contributed by atoms with Crippen LogP contribution in [0.1, 0.15) is 73.1 Å². The monoisotopic (exact) mass is 448 g/mol. The molecule has 7 heteroatoms. The van der Waals surface area contributed by atoms with Crippen molar-refractivity contribution in [3.8, 4) is 11.5 Å². The maximum atomic E-state index is 13.0. The summed E-state index contributed by atoms with van der Waals surface area (Å²) < 4.78 is 5.49. The predicted octanol–water partition coefficient (Wildman–Crippen LogP) is 5.90. The van der Waals surface area contributed by atoms with Gasteiger partial charge < -0.3 is 20.5 Å². The quantitative estimate of drug-likeness (QED) is 0.532. The molecule has 162 valence electrons. The summed E-state index contributed by atoms with van der Waals surface area (Å²) in [5.74, 6) is 0.818. The largest absolute Gasteiger partial charge is 0.503 e. The van der Waals surface area contributed by atoms with Crippen LogP contribution in [0.15, 0.2) is 12.1 Å². The third-order valence-corrected chi connectivity index (χ3v) is 8.22. The zero-order valence-electron chi connectivity index (χ0n) is 17.9. The zero-order chi connectivity index (χ0) is 21.6. The third kappa shape index (κ3) is 3.65.